The Kier molecular flexibility index (Phi) is 16.8. The van der Waals surface area contributed by atoms with Gasteiger partial charge in [-0.3, -0.25) is 0 Å². The summed E-state index contributed by atoms with van der Waals surface area (Å²) in [4.78, 5) is 0. The fourth-order valence-corrected chi connectivity index (χ4v) is 7.40. The van der Waals surface area contributed by atoms with Gasteiger partial charge in [0, 0.05) is 6.42 Å². The molecule has 0 bridgehead atoms. The van der Waals surface area contributed by atoms with Crippen molar-refractivity contribution < 1.29 is 27.8 Å². The quantitative estimate of drug-likeness (QED) is 0.0689. The Morgan fingerprint density at radius 2 is 1.11 bits per heavy atom. The van der Waals surface area contributed by atoms with Crippen LogP contribution in [0.4, 0.5) is 0 Å². The highest BCUT2D eigenvalue weighted by Gasteiger charge is 2.42. The van der Waals surface area contributed by atoms with E-state index in [-0.39, 0.29) is 22.3 Å². The van der Waals surface area contributed by atoms with Crippen LogP contribution in [0.2, 0.25) is 36.3 Å². The van der Waals surface area contributed by atoms with Crippen molar-refractivity contribution in [2.24, 2.45) is 0 Å². The van der Waals surface area contributed by atoms with Gasteiger partial charge in [0.15, 0.2) is 16.6 Å². The van der Waals surface area contributed by atoms with Gasteiger partial charge in [-0.25, -0.2) is 0 Å². The van der Waals surface area contributed by atoms with Crippen LogP contribution >= 0.6 is 0 Å². The molecule has 0 saturated carbocycles. The first-order chi connectivity index (χ1) is 24.8. The van der Waals surface area contributed by atoms with E-state index in [1.54, 1.807) is 7.11 Å². The van der Waals surface area contributed by atoms with Crippen molar-refractivity contribution >= 4 is 16.6 Å². The molecule has 3 aromatic rings. The van der Waals surface area contributed by atoms with Gasteiger partial charge in [0.1, 0.15) is 24.1 Å². The number of hydrogen-bond donors (Lipinski definition) is 0. The van der Waals surface area contributed by atoms with Gasteiger partial charge >= 0.3 is 0 Å². The average Bonchev–Trinajstić information content (AvgIpc) is 3.11. The Balaban J connectivity index is 2.00. The van der Waals surface area contributed by atoms with Crippen molar-refractivity contribution in [3.8, 4) is 17.6 Å². The molecule has 0 N–H and O–H groups in total. The smallest absolute Gasteiger partial charge is 0.193 e. The zero-order valence-corrected chi connectivity index (χ0v) is 36.5. The van der Waals surface area contributed by atoms with Gasteiger partial charge in [-0.2, -0.15) is 0 Å². The monoisotopic (exact) mass is 758 g/mol. The Labute approximate surface area is 323 Å². The molecule has 0 heterocycles. The summed E-state index contributed by atoms with van der Waals surface area (Å²) >= 11 is 0. The summed E-state index contributed by atoms with van der Waals surface area (Å²) in [6.45, 7) is 30.1. The highest BCUT2D eigenvalue weighted by atomic mass is 28.4. The fraction of sp³-hybridized carbons (Fsp3) is 0.511. The van der Waals surface area contributed by atoms with E-state index in [2.05, 4.69) is 117 Å². The minimum Gasteiger partial charge on any atom is -0.497 e. The molecule has 0 fully saturated rings. The largest absolute Gasteiger partial charge is 0.497 e. The number of hydrogen-bond acceptors (Lipinski definition) is 6. The summed E-state index contributed by atoms with van der Waals surface area (Å²) < 4.78 is 39.1. The molecule has 5 atom stereocenters. The van der Waals surface area contributed by atoms with Crippen LogP contribution in [0.15, 0.2) is 97.6 Å². The van der Waals surface area contributed by atoms with Crippen molar-refractivity contribution in [2.45, 2.75) is 141 Å². The molecule has 6 nitrogen and oxygen atoms in total. The summed E-state index contributed by atoms with van der Waals surface area (Å²) in [6.07, 6.45) is 0.377. The molecule has 3 aromatic carbocycles. The maximum Gasteiger partial charge on any atom is 0.193 e. The lowest BCUT2D eigenvalue weighted by atomic mass is 10.1. The molecular weight excluding hydrogens is 693 g/mol. The minimum absolute atomic E-state index is 0.0245. The maximum atomic E-state index is 7.12. The molecule has 53 heavy (non-hydrogen) atoms. The molecule has 0 unspecified atom stereocenters. The Hall–Kier alpha value is -3.01. The highest BCUT2D eigenvalue weighted by molar-refractivity contribution is 6.74. The van der Waals surface area contributed by atoms with E-state index in [4.69, 9.17) is 27.8 Å². The number of benzene rings is 3. The van der Waals surface area contributed by atoms with Gasteiger partial charge in [0.25, 0.3) is 0 Å². The summed E-state index contributed by atoms with van der Waals surface area (Å²) in [5, 5.41) is -0.0502. The lowest BCUT2D eigenvalue weighted by molar-refractivity contribution is -0.0881. The molecule has 290 valence electrons. The first-order valence-corrected chi connectivity index (χ1v) is 24.7. The van der Waals surface area contributed by atoms with E-state index >= 15 is 0 Å². The summed E-state index contributed by atoms with van der Waals surface area (Å²) in [6, 6.07) is 28.4. The van der Waals surface area contributed by atoms with Crippen molar-refractivity contribution in [2.75, 3.05) is 7.11 Å². The van der Waals surface area contributed by atoms with Crippen molar-refractivity contribution in [1.29, 1.82) is 0 Å². The van der Waals surface area contributed by atoms with Gasteiger partial charge < -0.3 is 27.8 Å². The summed E-state index contributed by atoms with van der Waals surface area (Å²) in [7, 11) is -2.87. The van der Waals surface area contributed by atoms with Gasteiger partial charge in [0.2, 0.25) is 0 Å². The van der Waals surface area contributed by atoms with Crippen LogP contribution in [-0.4, -0.2) is 54.3 Å². The maximum absolute atomic E-state index is 7.12. The second kappa shape index (κ2) is 20.1. The van der Waals surface area contributed by atoms with Crippen molar-refractivity contribution in [1.82, 2.24) is 0 Å². The predicted octanol–water partition coefficient (Wildman–Crippen LogP) is 11.1. The summed E-state index contributed by atoms with van der Waals surface area (Å²) in [5.41, 5.74) is 3.24. The van der Waals surface area contributed by atoms with Crippen molar-refractivity contribution in [3.05, 3.63) is 114 Å². The first-order valence-electron chi connectivity index (χ1n) is 18.9. The topological polar surface area (TPSA) is 55.4 Å². The van der Waals surface area contributed by atoms with Gasteiger partial charge in [0.05, 0.1) is 39.1 Å². The predicted molar refractivity (Wildman–Crippen MR) is 224 cm³/mol. The standard InChI is InChI=1S/C45H66O6Si2/c1-14-41(48-33-36-21-17-15-18-22-36)42(51-53(12,13)45(6,7)8)30-29-40(50-52(10,11)44(3,4)5)31-43(49-34-37-23-19-16-20-24-37)35(2)47-32-38-25-27-39(46-9)28-26-38/h14-28,35,40-43H,1,31-34H2,2-13H3/t35-,40+,41-,42-,43+/m0/s1. The van der Waals surface area contributed by atoms with Gasteiger partial charge in [-0.1, -0.05) is 132 Å². The Morgan fingerprint density at radius 1 is 0.642 bits per heavy atom. The van der Waals surface area contributed by atoms with Gasteiger partial charge in [-0.05, 0) is 72.0 Å². The number of ether oxygens (including phenoxy) is 4. The van der Waals surface area contributed by atoms with Crippen LogP contribution in [0, 0.1) is 11.8 Å². The van der Waals surface area contributed by atoms with Crippen LogP contribution in [-0.2, 0) is 42.9 Å². The van der Waals surface area contributed by atoms with Crippen LogP contribution in [0.25, 0.3) is 0 Å². The van der Waals surface area contributed by atoms with Crippen LogP contribution < -0.4 is 4.74 Å². The normalized spacial score (nSPS) is 15.4. The lowest BCUT2D eigenvalue weighted by Crippen LogP contribution is -2.47. The highest BCUT2D eigenvalue weighted by Crippen LogP contribution is 2.39. The zero-order chi connectivity index (χ0) is 39.3. The molecule has 0 saturated heterocycles. The molecule has 0 radical (unpaired) electrons. The Bertz CT molecular complexity index is 1570. The zero-order valence-electron chi connectivity index (χ0n) is 34.5. The summed E-state index contributed by atoms with van der Waals surface area (Å²) in [5.74, 6) is 7.95. The molecule has 0 aliphatic rings. The van der Waals surface area contributed by atoms with E-state index < -0.39 is 34.9 Å². The number of rotatable bonds is 19. The number of methoxy groups -OCH3 is 1. The third kappa shape index (κ3) is 14.3. The molecule has 8 heteroatoms. The second-order valence-electron chi connectivity index (χ2n) is 16.9. The second-order valence-corrected chi connectivity index (χ2v) is 26.4. The van der Waals surface area contributed by atoms with Crippen LogP contribution in [0.1, 0.15) is 71.6 Å². The van der Waals surface area contributed by atoms with E-state index in [0.29, 0.717) is 26.2 Å². The van der Waals surface area contributed by atoms with E-state index in [0.717, 1.165) is 22.4 Å². The molecule has 0 amide bonds. The van der Waals surface area contributed by atoms with E-state index in [1.165, 1.54) is 0 Å². The van der Waals surface area contributed by atoms with Crippen LogP contribution in [0.5, 0.6) is 5.75 Å². The minimum atomic E-state index is -2.27. The third-order valence-corrected chi connectivity index (χ3v) is 19.6. The molecule has 0 aliphatic heterocycles. The third-order valence-electron chi connectivity index (χ3n) is 10.6. The Morgan fingerprint density at radius 3 is 1.60 bits per heavy atom. The molecule has 0 aliphatic carbocycles. The SMILES string of the molecule is C=C[C@H](OCc1ccccc1)[C@H](C#C[C@H](C[C@@H](OCc1ccccc1)[C@H](C)OCc1ccc(OC)cc1)O[Si](C)(C)C(C)(C)C)O[Si](C)(C)C(C)(C)C. The van der Waals surface area contributed by atoms with E-state index in [1.807, 2.05) is 66.7 Å². The van der Waals surface area contributed by atoms with Crippen LogP contribution in [0.3, 0.4) is 0 Å². The molecular formula is C45H66O6Si2. The fourth-order valence-electron chi connectivity index (χ4n) is 5.00. The molecule has 0 aromatic heterocycles. The lowest BCUT2D eigenvalue weighted by Gasteiger charge is -2.40. The first kappa shape index (κ1) is 44.4. The molecule has 3 rings (SSSR count). The van der Waals surface area contributed by atoms with Gasteiger partial charge in [-0.15, -0.1) is 6.58 Å². The van der Waals surface area contributed by atoms with E-state index in [9.17, 15) is 0 Å². The van der Waals surface area contributed by atoms with Crippen molar-refractivity contribution in [3.63, 3.8) is 0 Å². The average molecular weight is 759 g/mol. The molecule has 0 spiro atoms.